The van der Waals surface area contributed by atoms with Gasteiger partial charge in [-0.1, -0.05) is 0 Å². The molecule has 4 nitrogen and oxygen atoms in total. The summed E-state index contributed by atoms with van der Waals surface area (Å²) in [5.74, 6) is 0.134. The first kappa shape index (κ1) is 12.4. The minimum atomic E-state index is 0.0672. The van der Waals surface area contributed by atoms with Crippen LogP contribution in [-0.2, 0) is 0 Å². The number of phenols is 2. The van der Waals surface area contributed by atoms with Crippen LogP contribution in [0.4, 0.5) is 0 Å². The molecule has 4 heteroatoms. The van der Waals surface area contributed by atoms with Crippen LogP contribution in [0.3, 0.4) is 0 Å². The molecule has 0 unspecified atom stereocenters. The summed E-state index contributed by atoms with van der Waals surface area (Å²) in [6, 6.07) is 7.00. The van der Waals surface area contributed by atoms with E-state index in [0.717, 1.165) is 27.7 Å². The molecule has 0 spiro atoms. The van der Waals surface area contributed by atoms with Crippen molar-refractivity contribution in [2.24, 2.45) is 0 Å². The van der Waals surface area contributed by atoms with Gasteiger partial charge in [0, 0.05) is 23.5 Å². The van der Waals surface area contributed by atoms with Crippen molar-refractivity contribution in [2.75, 3.05) is 0 Å². The molecular weight excluding hydrogens is 252 g/mol. The number of pyridine rings is 2. The first-order valence-corrected chi connectivity index (χ1v) is 6.31. The second-order valence-corrected chi connectivity index (χ2v) is 4.82. The summed E-state index contributed by atoms with van der Waals surface area (Å²) in [6.45, 7) is 3.65. The van der Waals surface area contributed by atoms with Gasteiger partial charge in [0.2, 0.25) is 0 Å². The van der Waals surface area contributed by atoms with Crippen LogP contribution in [0.5, 0.6) is 11.5 Å². The van der Waals surface area contributed by atoms with Crippen LogP contribution in [0.25, 0.3) is 22.2 Å². The van der Waals surface area contributed by atoms with Crippen molar-refractivity contribution in [1.29, 1.82) is 0 Å². The maximum absolute atomic E-state index is 9.87. The summed E-state index contributed by atoms with van der Waals surface area (Å²) in [5.41, 5.74) is 4.65. The van der Waals surface area contributed by atoms with E-state index in [4.69, 9.17) is 0 Å². The zero-order valence-corrected chi connectivity index (χ0v) is 11.3. The highest BCUT2D eigenvalue weighted by Crippen LogP contribution is 2.35. The molecule has 100 valence electrons. The third kappa shape index (κ3) is 1.86. The van der Waals surface area contributed by atoms with Crippen LogP contribution in [-0.4, -0.2) is 20.2 Å². The molecule has 3 aromatic rings. The quantitative estimate of drug-likeness (QED) is 0.709. The zero-order valence-electron chi connectivity index (χ0n) is 11.3. The van der Waals surface area contributed by atoms with E-state index in [1.165, 1.54) is 0 Å². The van der Waals surface area contributed by atoms with Gasteiger partial charge in [-0.2, -0.15) is 0 Å². The lowest BCUT2D eigenvalue weighted by Gasteiger charge is -2.09. The fourth-order valence-corrected chi connectivity index (χ4v) is 2.25. The molecule has 0 bridgehead atoms. The van der Waals surface area contributed by atoms with Gasteiger partial charge in [0.05, 0.1) is 11.0 Å². The topological polar surface area (TPSA) is 66.2 Å². The molecule has 0 radical (unpaired) electrons. The average molecular weight is 266 g/mol. The highest BCUT2D eigenvalue weighted by molar-refractivity contribution is 5.93. The molecule has 0 saturated heterocycles. The molecule has 2 aromatic heterocycles. The number of phenolic OH excluding ortho intramolecular Hbond substituents is 2. The Bertz CT molecular complexity index is 790. The first-order chi connectivity index (χ1) is 9.58. The maximum Gasteiger partial charge on any atom is 0.122 e. The van der Waals surface area contributed by atoms with E-state index in [-0.39, 0.29) is 11.5 Å². The lowest BCUT2D eigenvalue weighted by Crippen LogP contribution is -1.90. The molecule has 1 aromatic carbocycles. The molecule has 0 atom stereocenters. The third-order valence-corrected chi connectivity index (χ3v) is 3.49. The number of benzene rings is 1. The van der Waals surface area contributed by atoms with Gasteiger partial charge in [-0.25, -0.2) is 0 Å². The first-order valence-electron chi connectivity index (χ1n) is 6.31. The van der Waals surface area contributed by atoms with Crippen molar-refractivity contribution in [1.82, 2.24) is 9.97 Å². The van der Waals surface area contributed by atoms with E-state index < -0.39 is 0 Å². The van der Waals surface area contributed by atoms with Crippen LogP contribution >= 0.6 is 0 Å². The van der Waals surface area contributed by atoms with Gasteiger partial charge in [0.25, 0.3) is 0 Å². The molecule has 20 heavy (non-hydrogen) atoms. The molecule has 0 aliphatic carbocycles. The van der Waals surface area contributed by atoms with Crippen molar-refractivity contribution < 1.29 is 10.2 Å². The Labute approximate surface area is 116 Å². The Kier molecular flexibility index (Phi) is 2.79. The predicted octanol–water partition coefficient (Wildman–Crippen LogP) is 3.32. The van der Waals surface area contributed by atoms with Crippen molar-refractivity contribution in [3.05, 3.63) is 47.8 Å². The molecule has 0 aliphatic rings. The highest BCUT2D eigenvalue weighted by Gasteiger charge is 2.11. The fourth-order valence-electron chi connectivity index (χ4n) is 2.25. The maximum atomic E-state index is 9.87. The smallest absolute Gasteiger partial charge is 0.122 e. The normalized spacial score (nSPS) is 10.9. The van der Waals surface area contributed by atoms with E-state index in [9.17, 15) is 10.2 Å². The Hall–Kier alpha value is -2.62. The monoisotopic (exact) mass is 266 g/mol. The number of fused-ring (bicyclic) bond motifs is 1. The summed E-state index contributed by atoms with van der Waals surface area (Å²) in [5, 5.41) is 19.7. The standard InChI is InChI=1S/C16H14N2O2/c1-9-3-5-18-16-12(4-6-17-15(9)16)11-7-13(19)10(2)14(20)8-11/h3-8,19-20H,1-2H3. The molecule has 0 amide bonds. The number of hydrogen-bond donors (Lipinski definition) is 2. The summed E-state index contributed by atoms with van der Waals surface area (Å²) >= 11 is 0. The van der Waals surface area contributed by atoms with Crippen molar-refractivity contribution in [3.8, 4) is 22.6 Å². The number of nitrogens with zero attached hydrogens (tertiary/aromatic N) is 2. The van der Waals surface area contributed by atoms with Gasteiger partial charge in [-0.15, -0.1) is 0 Å². The number of hydrogen-bond acceptors (Lipinski definition) is 4. The number of rotatable bonds is 1. The van der Waals surface area contributed by atoms with Crippen molar-refractivity contribution in [3.63, 3.8) is 0 Å². The van der Waals surface area contributed by atoms with Crippen LogP contribution in [0, 0.1) is 13.8 Å². The van der Waals surface area contributed by atoms with Gasteiger partial charge in [0.1, 0.15) is 11.5 Å². The second-order valence-electron chi connectivity index (χ2n) is 4.82. The van der Waals surface area contributed by atoms with E-state index >= 15 is 0 Å². The lowest BCUT2D eigenvalue weighted by atomic mass is 10.0. The van der Waals surface area contributed by atoms with Gasteiger partial charge in [-0.3, -0.25) is 9.97 Å². The summed E-state index contributed by atoms with van der Waals surface area (Å²) in [4.78, 5) is 8.72. The molecular formula is C16H14N2O2. The summed E-state index contributed by atoms with van der Waals surface area (Å²) < 4.78 is 0. The lowest BCUT2D eigenvalue weighted by molar-refractivity contribution is 0.444. The van der Waals surface area contributed by atoms with E-state index in [1.807, 2.05) is 19.1 Å². The Morgan fingerprint density at radius 1 is 0.850 bits per heavy atom. The average Bonchev–Trinajstić information content (AvgIpc) is 2.44. The summed E-state index contributed by atoms with van der Waals surface area (Å²) in [6.07, 6.45) is 3.44. The molecule has 0 aliphatic heterocycles. The highest BCUT2D eigenvalue weighted by atomic mass is 16.3. The fraction of sp³-hybridized carbons (Fsp3) is 0.125. The molecule has 0 saturated carbocycles. The van der Waals surface area contributed by atoms with Gasteiger partial charge in [0.15, 0.2) is 0 Å². The molecule has 0 fully saturated rings. The largest absolute Gasteiger partial charge is 0.508 e. The summed E-state index contributed by atoms with van der Waals surface area (Å²) in [7, 11) is 0. The minimum absolute atomic E-state index is 0.0672. The van der Waals surface area contributed by atoms with E-state index in [1.54, 1.807) is 31.5 Å². The van der Waals surface area contributed by atoms with Crippen LogP contribution in [0.2, 0.25) is 0 Å². The number of aryl methyl sites for hydroxylation is 1. The van der Waals surface area contributed by atoms with E-state index in [0.29, 0.717) is 5.56 Å². The number of aromatic hydroxyl groups is 2. The van der Waals surface area contributed by atoms with Gasteiger partial charge in [-0.05, 0) is 49.2 Å². The second kappa shape index (κ2) is 4.49. The van der Waals surface area contributed by atoms with E-state index in [2.05, 4.69) is 9.97 Å². The predicted molar refractivity (Wildman–Crippen MR) is 77.8 cm³/mol. The Balaban J connectivity index is 2.33. The molecule has 3 rings (SSSR count). The zero-order chi connectivity index (χ0) is 14.3. The number of aromatic nitrogens is 2. The minimum Gasteiger partial charge on any atom is -0.508 e. The third-order valence-electron chi connectivity index (χ3n) is 3.49. The molecule has 2 heterocycles. The SMILES string of the molecule is Cc1c(O)cc(-c2ccnc3c(C)ccnc23)cc1O. The van der Waals surface area contributed by atoms with Gasteiger partial charge >= 0.3 is 0 Å². The Morgan fingerprint density at radius 3 is 2.15 bits per heavy atom. The van der Waals surface area contributed by atoms with Crippen molar-refractivity contribution >= 4 is 11.0 Å². The van der Waals surface area contributed by atoms with Crippen LogP contribution in [0.15, 0.2) is 36.7 Å². The molecule has 2 N–H and O–H groups in total. The van der Waals surface area contributed by atoms with Crippen molar-refractivity contribution in [2.45, 2.75) is 13.8 Å². The van der Waals surface area contributed by atoms with Gasteiger partial charge < -0.3 is 10.2 Å². The Morgan fingerprint density at radius 2 is 1.45 bits per heavy atom. The van der Waals surface area contributed by atoms with Crippen LogP contribution in [0.1, 0.15) is 11.1 Å². The van der Waals surface area contributed by atoms with Crippen LogP contribution < -0.4 is 0 Å².